The largest absolute Gasteiger partial charge is 0.460 e. The number of hydrogen-bond acceptors (Lipinski definition) is 6. The van der Waals surface area contributed by atoms with Gasteiger partial charge in [-0.15, -0.1) is 0 Å². The molecule has 2 aromatic rings. The molecule has 1 heterocycles. The molecule has 7 heteroatoms. The molecule has 0 saturated heterocycles. The number of carbonyl (C=O) groups is 3. The van der Waals surface area contributed by atoms with Crippen LogP contribution in [0.15, 0.2) is 47.1 Å². The SMILES string of the molecule is CC(C)OC(=O)COC(=O)c1ccc(NC(=O)c2ccco2)cc1. The van der Waals surface area contributed by atoms with Crippen molar-refractivity contribution in [3.05, 3.63) is 54.0 Å². The van der Waals surface area contributed by atoms with E-state index in [1.54, 1.807) is 32.0 Å². The standard InChI is InChI=1S/C17H17NO6/c1-11(2)24-15(19)10-23-17(21)12-5-7-13(8-6-12)18-16(20)14-4-3-9-22-14/h3-9,11H,10H2,1-2H3,(H,18,20). The number of anilines is 1. The number of carbonyl (C=O) groups excluding carboxylic acids is 3. The van der Waals surface area contributed by atoms with Crippen LogP contribution in [0.1, 0.15) is 34.8 Å². The van der Waals surface area contributed by atoms with E-state index in [4.69, 9.17) is 13.9 Å². The number of amides is 1. The molecule has 0 radical (unpaired) electrons. The summed E-state index contributed by atoms with van der Waals surface area (Å²) in [6.45, 7) is 2.96. The van der Waals surface area contributed by atoms with Gasteiger partial charge >= 0.3 is 11.9 Å². The van der Waals surface area contributed by atoms with Crippen LogP contribution in [-0.4, -0.2) is 30.6 Å². The molecule has 7 nitrogen and oxygen atoms in total. The third-order valence-corrected chi connectivity index (χ3v) is 2.81. The molecule has 0 spiro atoms. The lowest BCUT2D eigenvalue weighted by Crippen LogP contribution is -2.19. The normalized spacial score (nSPS) is 10.3. The first-order valence-electron chi connectivity index (χ1n) is 7.27. The average Bonchev–Trinajstić information content (AvgIpc) is 3.07. The average molecular weight is 331 g/mol. The Morgan fingerprint density at radius 1 is 1.12 bits per heavy atom. The van der Waals surface area contributed by atoms with Crippen molar-refractivity contribution in [2.24, 2.45) is 0 Å². The molecular weight excluding hydrogens is 314 g/mol. The predicted octanol–water partition coefficient (Wildman–Crippen LogP) is 2.64. The summed E-state index contributed by atoms with van der Waals surface area (Å²) in [5, 5.41) is 2.62. The van der Waals surface area contributed by atoms with Crippen molar-refractivity contribution in [2.75, 3.05) is 11.9 Å². The van der Waals surface area contributed by atoms with Gasteiger partial charge in [-0.3, -0.25) is 4.79 Å². The Morgan fingerprint density at radius 3 is 2.42 bits per heavy atom. The topological polar surface area (TPSA) is 94.8 Å². The van der Waals surface area contributed by atoms with E-state index >= 15 is 0 Å². The maximum Gasteiger partial charge on any atom is 0.344 e. The molecule has 0 saturated carbocycles. The van der Waals surface area contributed by atoms with Crippen molar-refractivity contribution in [3.63, 3.8) is 0 Å². The Balaban J connectivity index is 1.88. The number of esters is 2. The van der Waals surface area contributed by atoms with Crippen LogP contribution in [0.2, 0.25) is 0 Å². The van der Waals surface area contributed by atoms with Crippen LogP contribution in [0, 0.1) is 0 Å². The van der Waals surface area contributed by atoms with Crippen molar-refractivity contribution in [3.8, 4) is 0 Å². The van der Waals surface area contributed by atoms with E-state index in [1.807, 2.05) is 0 Å². The summed E-state index contributed by atoms with van der Waals surface area (Å²) in [6, 6.07) is 9.20. The minimum atomic E-state index is -0.653. The van der Waals surface area contributed by atoms with Gasteiger partial charge in [0.05, 0.1) is 17.9 Å². The molecule has 0 atom stereocenters. The van der Waals surface area contributed by atoms with Crippen molar-refractivity contribution >= 4 is 23.5 Å². The van der Waals surface area contributed by atoms with Crippen LogP contribution >= 0.6 is 0 Å². The second-order valence-electron chi connectivity index (χ2n) is 5.12. The van der Waals surface area contributed by atoms with E-state index in [9.17, 15) is 14.4 Å². The monoisotopic (exact) mass is 331 g/mol. The van der Waals surface area contributed by atoms with Crippen molar-refractivity contribution < 1.29 is 28.3 Å². The zero-order valence-electron chi connectivity index (χ0n) is 13.3. The van der Waals surface area contributed by atoms with E-state index in [0.717, 1.165) is 0 Å². The number of nitrogens with one attached hydrogen (secondary N) is 1. The minimum Gasteiger partial charge on any atom is -0.460 e. The van der Waals surface area contributed by atoms with Gasteiger partial charge in [0.25, 0.3) is 5.91 Å². The highest BCUT2D eigenvalue weighted by atomic mass is 16.6. The van der Waals surface area contributed by atoms with E-state index < -0.39 is 24.5 Å². The molecule has 24 heavy (non-hydrogen) atoms. The van der Waals surface area contributed by atoms with E-state index in [-0.39, 0.29) is 17.4 Å². The highest BCUT2D eigenvalue weighted by Crippen LogP contribution is 2.12. The van der Waals surface area contributed by atoms with Gasteiger partial charge in [0.2, 0.25) is 0 Å². The van der Waals surface area contributed by atoms with E-state index in [0.29, 0.717) is 5.69 Å². The van der Waals surface area contributed by atoms with Crippen LogP contribution < -0.4 is 5.32 Å². The van der Waals surface area contributed by atoms with Gasteiger partial charge in [-0.1, -0.05) is 0 Å². The van der Waals surface area contributed by atoms with Gasteiger partial charge in [0.15, 0.2) is 12.4 Å². The lowest BCUT2D eigenvalue weighted by molar-refractivity contribution is -0.150. The van der Waals surface area contributed by atoms with Gasteiger partial charge < -0.3 is 19.2 Å². The second kappa shape index (κ2) is 7.96. The van der Waals surface area contributed by atoms with Gasteiger partial charge in [0.1, 0.15) is 0 Å². The fraction of sp³-hybridized carbons (Fsp3) is 0.235. The van der Waals surface area contributed by atoms with Crippen LogP contribution in [0.5, 0.6) is 0 Å². The predicted molar refractivity (Wildman–Crippen MR) is 84.6 cm³/mol. The Labute approximate surface area is 138 Å². The maximum atomic E-state index is 11.8. The first-order valence-corrected chi connectivity index (χ1v) is 7.27. The lowest BCUT2D eigenvalue weighted by atomic mass is 10.2. The zero-order chi connectivity index (χ0) is 17.5. The number of rotatable bonds is 6. The third-order valence-electron chi connectivity index (χ3n) is 2.81. The third kappa shape index (κ3) is 4.98. The highest BCUT2D eigenvalue weighted by molar-refractivity contribution is 6.02. The quantitative estimate of drug-likeness (QED) is 0.818. The van der Waals surface area contributed by atoms with Gasteiger partial charge in [-0.25, -0.2) is 9.59 Å². The molecular formula is C17H17NO6. The molecule has 0 fully saturated rings. The van der Waals surface area contributed by atoms with Gasteiger partial charge in [-0.2, -0.15) is 0 Å². The summed E-state index contributed by atoms with van der Waals surface area (Å²) in [5.41, 5.74) is 0.746. The first-order chi connectivity index (χ1) is 11.5. The molecule has 0 aliphatic rings. The number of ether oxygens (including phenoxy) is 2. The van der Waals surface area contributed by atoms with Gasteiger partial charge in [0, 0.05) is 5.69 Å². The van der Waals surface area contributed by atoms with Crippen LogP contribution in [0.3, 0.4) is 0 Å². The molecule has 1 aromatic carbocycles. The van der Waals surface area contributed by atoms with Crippen LogP contribution in [0.4, 0.5) is 5.69 Å². The summed E-state index contributed by atoms with van der Waals surface area (Å²) in [6.07, 6.45) is 1.13. The minimum absolute atomic E-state index is 0.183. The molecule has 0 bridgehead atoms. The van der Waals surface area contributed by atoms with E-state index in [2.05, 4.69) is 5.32 Å². The molecule has 2 rings (SSSR count). The number of hydrogen-bond donors (Lipinski definition) is 1. The van der Waals surface area contributed by atoms with Crippen LogP contribution in [0.25, 0.3) is 0 Å². The van der Waals surface area contributed by atoms with Gasteiger partial charge in [-0.05, 0) is 50.2 Å². The number of benzene rings is 1. The molecule has 1 N–H and O–H groups in total. The Morgan fingerprint density at radius 2 is 1.83 bits per heavy atom. The summed E-state index contributed by atoms with van der Waals surface area (Å²) in [7, 11) is 0. The zero-order valence-corrected chi connectivity index (χ0v) is 13.3. The smallest absolute Gasteiger partial charge is 0.344 e. The fourth-order valence-electron chi connectivity index (χ4n) is 1.79. The Hall–Kier alpha value is -3.09. The Bertz CT molecular complexity index is 703. The fourth-order valence-corrected chi connectivity index (χ4v) is 1.79. The van der Waals surface area contributed by atoms with Crippen LogP contribution in [-0.2, 0) is 14.3 Å². The van der Waals surface area contributed by atoms with Crippen molar-refractivity contribution in [1.29, 1.82) is 0 Å². The molecule has 0 aliphatic heterocycles. The van der Waals surface area contributed by atoms with Crippen molar-refractivity contribution in [2.45, 2.75) is 20.0 Å². The molecule has 0 aliphatic carbocycles. The molecule has 1 amide bonds. The lowest BCUT2D eigenvalue weighted by Gasteiger charge is -2.09. The Kier molecular flexibility index (Phi) is 5.73. The molecule has 1 aromatic heterocycles. The van der Waals surface area contributed by atoms with Crippen molar-refractivity contribution in [1.82, 2.24) is 0 Å². The first kappa shape index (κ1) is 17.3. The summed E-state index contributed by atoms with van der Waals surface area (Å²) < 4.78 is 14.7. The second-order valence-corrected chi connectivity index (χ2v) is 5.12. The molecule has 0 unspecified atom stereocenters. The summed E-state index contributed by atoms with van der Waals surface area (Å²) in [5.74, 6) is -1.48. The molecule has 126 valence electrons. The maximum absolute atomic E-state index is 11.8. The number of furan rings is 1. The summed E-state index contributed by atoms with van der Waals surface area (Å²) in [4.78, 5) is 35.0. The summed E-state index contributed by atoms with van der Waals surface area (Å²) >= 11 is 0. The highest BCUT2D eigenvalue weighted by Gasteiger charge is 2.13. The van der Waals surface area contributed by atoms with E-state index in [1.165, 1.54) is 24.5 Å².